The lowest BCUT2D eigenvalue weighted by atomic mass is 10.1. The first kappa shape index (κ1) is 28.0. The lowest BCUT2D eigenvalue weighted by Crippen LogP contribution is -2.40. The maximum atomic E-state index is 13.7. The molecule has 2 aromatic heterocycles. The second-order valence-electron chi connectivity index (χ2n) is 9.40. The van der Waals surface area contributed by atoms with Gasteiger partial charge in [0.05, 0.1) is 26.3 Å². The van der Waals surface area contributed by atoms with Crippen LogP contribution in [0, 0.1) is 0 Å². The quantitative estimate of drug-likeness (QED) is 0.268. The summed E-state index contributed by atoms with van der Waals surface area (Å²) in [5.74, 6) is -0.192. The molecule has 38 heavy (non-hydrogen) atoms. The molecular formula is C26H21Cl2F3N4O2S. The van der Waals surface area contributed by atoms with Crippen molar-refractivity contribution in [3.05, 3.63) is 82.6 Å². The standard InChI is InChI=1S/C26H21Cl2F3N4O2S/c1-25(2,3)35-38(36,37)18-6-4-5-15(11-18)21-13-17(9-10-32-21)24-33-22(14-23(34-24)26(29,30)31)16-7-8-19(27)20(28)12-16/h4-14,35H,1-3H3. The molecule has 0 atom stereocenters. The van der Waals surface area contributed by atoms with Crippen molar-refractivity contribution in [2.24, 2.45) is 0 Å². The van der Waals surface area contributed by atoms with Gasteiger partial charge < -0.3 is 0 Å². The molecular weight excluding hydrogens is 560 g/mol. The van der Waals surface area contributed by atoms with E-state index in [0.29, 0.717) is 16.8 Å². The van der Waals surface area contributed by atoms with Crippen molar-refractivity contribution in [3.63, 3.8) is 0 Å². The average molecular weight is 581 g/mol. The normalized spacial score (nSPS) is 12.5. The van der Waals surface area contributed by atoms with Crippen molar-refractivity contribution in [2.75, 3.05) is 0 Å². The fraction of sp³-hybridized carbons (Fsp3) is 0.192. The van der Waals surface area contributed by atoms with E-state index in [0.717, 1.165) is 6.07 Å². The highest BCUT2D eigenvalue weighted by Crippen LogP contribution is 2.34. The summed E-state index contributed by atoms with van der Waals surface area (Å²) in [6.45, 7) is 5.17. The number of sulfonamides is 1. The third kappa shape index (κ3) is 6.50. The minimum absolute atomic E-state index is 0.000555. The van der Waals surface area contributed by atoms with Gasteiger partial charge in [0.1, 0.15) is 5.69 Å². The minimum atomic E-state index is -4.73. The number of rotatable bonds is 5. The topological polar surface area (TPSA) is 84.8 Å². The Kier molecular flexibility index (Phi) is 7.55. The second-order valence-corrected chi connectivity index (χ2v) is 11.9. The zero-order valence-corrected chi connectivity index (χ0v) is 22.6. The fourth-order valence-corrected chi connectivity index (χ4v) is 5.30. The lowest BCUT2D eigenvalue weighted by Gasteiger charge is -2.20. The number of halogens is 5. The van der Waals surface area contributed by atoms with E-state index >= 15 is 0 Å². The Hall–Kier alpha value is -3.05. The fourth-order valence-electron chi connectivity index (χ4n) is 3.54. The smallest absolute Gasteiger partial charge is 0.256 e. The molecule has 0 bridgehead atoms. The van der Waals surface area contributed by atoms with Crippen LogP contribution in [0.1, 0.15) is 26.5 Å². The molecule has 2 aromatic carbocycles. The summed E-state index contributed by atoms with van der Waals surface area (Å²) in [6.07, 6.45) is -3.34. The summed E-state index contributed by atoms with van der Waals surface area (Å²) in [5.41, 5.74) is -0.480. The molecule has 198 valence electrons. The molecule has 0 saturated heterocycles. The van der Waals surface area contributed by atoms with E-state index < -0.39 is 27.4 Å². The Morgan fingerprint density at radius 2 is 1.50 bits per heavy atom. The molecule has 1 N–H and O–H groups in total. The summed E-state index contributed by atoms with van der Waals surface area (Å²) < 4.78 is 69.4. The van der Waals surface area contributed by atoms with Crippen molar-refractivity contribution in [1.29, 1.82) is 0 Å². The van der Waals surface area contributed by atoms with E-state index in [-0.39, 0.29) is 32.0 Å². The zero-order valence-electron chi connectivity index (χ0n) is 20.3. The van der Waals surface area contributed by atoms with Gasteiger partial charge >= 0.3 is 6.18 Å². The molecule has 0 amide bonds. The van der Waals surface area contributed by atoms with Gasteiger partial charge in [0, 0.05) is 28.4 Å². The van der Waals surface area contributed by atoms with Crippen LogP contribution in [0.15, 0.2) is 71.8 Å². The summed E-state index contributed by atoms with van der Waals surface area (Å²) in [6, 6.07) is 14.3. The molecule has 0 aliphatic rings. The Morgan fingerprint density at radius 3 is 2.16 bits per heavy atom. The SMILES string of the molecule is CC(C)(C)NS(=O)(=O)c1cccc(-c2cc(-c3nc(-c4ccc(Cl)c(Cl)c4)cc(C(F)(F)F)n3)ccn2)c1. The van der Waals surface area contributed by atoms with E-state index in [1.54, 1.807) is 32.9 Å². The second kappa shape index (κ2) is 10.3. The zero-order chi connectivity index (χ0) is 27.9. The number of alkyl halides is 3. The number of hydrogen-bond donors (Lipinski definition) is 1. The number of aromatic nitrogens is 3. The highest BCUT2D eigenvalue weighted by atomic mass is 35.5. The van der Waals surface area contributed by atoms with Gasteiger partial charge in [0.2, 0.25) is 10.0 Å². The number of nitrogens with one attached hydrogen (secondary N) is 1. The molecule has 4 aromatic rings. The van der Waals surface area contributed by atoms with Crippen LogP contribution in [0.25, 0.3) is 33.9 Å². The first-order valence-electron chi connectivity index (χ1n) is 11.1. The van der Waals surface area contributed by atoms with Crippen LogP contribution in [0.4, 0.5) is 13.2 Å². The Labute approximate surface area is 228 Å². The van der Waals surface area contributed by atoms with E-state index in [1.165, 1.54) is 48.7 Å². The first-order chi connectivity index (χ1) is 17.6. The largest absolute Gasteiger partial charge is 0.433 e. The maximum absolute atomic E-state index is 13.7. The van der Waals surface area contributed by atoms with Gasteiger partial charge in [-0.2, -0.15) is 13.2 Å². The molecule has 6 nitrogen and oxygen atoms in total. The lowest BCUT2D eigenvalue weighted by molar-refractivity contribution is -0.141. The summed E-state index contributed by atoms with van der Waals surface area (Å²) in [5, 5.41) is 0.418. The summed E-state index contributed by atoms with van der Waals surface area (Å²) in [7, 11) is -3.82. The molecule has 12 heteroatoms. The van der Waals surface area contributed by atoms with Crippen LogP contribution < -0.4 is 4.72 Å². The summed E-state index contributed by atoms with van der Waals surface area (Å²) in [4.78, 5) is 12.4. The molecule has 0 spiro atoms. The van der Waals surface area contributed by atoms with Crippen LogP contribution >= 0.6 is 23.2 Å². The molecule has 0 radical (unpaired) electrons. The molecule has 0 aliphatic carbocycles. The van der Waals surface area contributed by atoms with E-state index in [4.69, 9.17) is 23.2 Å². The van der Waals surface area contributed by atoms with Crippen molar-refractivity contribution in [3.8, 4) is 33.9 Å². The number of nitrogens with zero attached hydrogens (tertiary/aromatic N) is 3. The summed E-state index contributed by atoms with van der Waals surface area (Å²) >= 11 is 12.0. The van der Waals surface area contributed by atoms with Crippen LogP contribution in [0.3, 0.4) is 0 Å². The molecule has 0 unspecified atom stereocenters. The highest BCUT2D eigenvalue weighted by molar-refractivity contribution is 7.89. The monoisotopic (exact) mass is 580 g/mol. The van der Waals surface area contributed by atoms with Gasteiger partial charge in [-0.05, 0) is 63.2 Å². The van der Waals surface area contributed by atoms with Gasteiger partial charge in [0.25, 0.3) is 0 Å². The molecule has 4 rings (SSSR count). The third-order valence-electron chi connectivity index (χ3n) is 5.13. The van der Waals surface area contributed by atoms with Gasteiger partial charge in [-0.3, -0.25) is 4.98 Å². The van der Waals surface area contributed by atoms with Crippen LogP contribution in [0.5, 0.6) is 0 Å². The highest BCUT2D eigenvalue weighted by Gasteiger charge is 2.34. The van der Waals surface area contributed by atoms with Crippen LogP contribution in [0.2, 0.25) is 10.0 Å². The van der Waals surface area contributed by atoms with Gasteiger partial charge in [-0.25, -0.2) is 23.1 Å². The molecule has 0 fully saturated rings. The van der Waals surface area contributed by atoms with Gasteiger partial charge in [-0.1, -0.05) is 41.4 Å². The maximum Gasteiger partial charge on any atom is 0.433 e. The Balaban J connectivity index is 1.80. The van der Waals surface area contributed by atoms with E-state index in [1.807, 2.05) is 0 Å². The van der Waals surface area contributed by atoms with Crippen molar-refractivity contribution < 1.29 is 21.6 Å². The Morgan fingerprint density at radius 1 is 0.789 bits per heavy atom. The van der Waals surface area contributed by atoms with Crippen molar-refractivity contribution in [2.45, 2.75) is 37.4 Å². The molecule has 0 saturated carbocycles. The molecule has 2 heterocycles. The molecule has 0 aliphatic heterocycles. The number of benzene rings is 2. The predicted molar refractivity (Wildman–Crippen MR) is 141 cm³/mol. The third-order valence-corrected chi connectivity index (χ3v) is 7.63. The van der Waals surface area contributed by atoms with E-state index in [2.05, 4.69) is 19.7 Å². The van der Waals surface area contributed by atoms with Crippen LogP contribution in [-0.2, 0) is 16.2 Å². The van der Waals surface area contributed by atoms with Gasteiger partial charge in [-0.15, -0.1) is 0 Å². The minimum Gasteiger partial charge on any atom is -0.256 e. The van der Waals surface area contributed by atoms with Crippen LogP contribution in [-0.4, -0.2) is 28.9 Å². The Bertz CT molecular complexity index is 1620. The van der Waals surface area contributed by atoms with Gasteiger partial charge in [0.15, 0.2) is 5.82 Å². The predicted octanol–water partition coefficient (Wildman–Crippen LogP) is 7.28. The van der Waals surface area contributed by atoms with Crippen molar-refractivity contribution >= 4 is 33.2 Å². The first-order valence-corrected chi connectivity index (χ1v) is 13.4. The number of pyridine rings is 1. The van der Waals surface area contributed by atoms with Crippen molar-refractivity contribution in [1.82, 2.24) is 19.7 Å². The van der Waals surface area contributed by atoms with E-state index in [9.17, 15) is 21.6 Å². The number of hydrogen-bond acceptors (Lipinski definition) is 5. The average Bonchev–Trinajstić information content (AvgIpc) is 2.84.